The monoisotopic (exact) mass is 148 g/mol. The highest BCUT2D eigenvalue weighted by atomic mass is 32.2. The molecule has 1 atom stereocenters. The summed E-state index contributed by atoms with van der Waals surface area (Å²) in [6, 6.07) is 0.615. The number of hydrogen-bond acceptors (Lipinski definition) is 2. The van der Waals surface area contributed by atoms with Gasteiger partial charge in [-0.15, -0.1) is 0 Å². The number of thioether (sulfide) groups is 1. The first-order valence-corrected chi connectivity index (χ1v) is 4.34. The quantitative estimate of drug-likeness (QED) is 0.512. The lowest BCUT2D eigenvalue weighted by atomic mass is 10.4. The average Bonchev–Trinajstić information content (AvgIpc) is 1.77. The molecule has 0 aromatic carbocycles. The molecule has 0 aromatic rings. The molecule has 1 aliphatic heterocycles. The molecule has 0 saturated carbocycles. The van der Waals surface area contributed by atoms with E-state index < -0.39 is 0 Å². The maximum Gasteiger partial charge on any atom is 0.0273 e. The summed E-state index contributed by atoms with van der Waals surface area (Å²) in [6.07, 6.45) is 0. The molecule has 1 saturated heterocycles. The molecule has 1 nitrogen and oxygen atoms in total. The number of hydrogen-bond donors (Lipinski definition) is 0. The summed E-state index contributed by atoms with van der Waals surface area (Å²) in [4.78, 5) is 0. The van der Waals surface area contributed by atoms with Crippen LogP contribution in [0.4, 0.5) is 0 Å². The van der Waals surface area contributed by atoms with Crippen molar-refractivity contribution in [2.75, 3.05) is 18.1 Å². The lowest BCUT2D eigenvalue weighted by molar-refractivity contribution is 0.419. The molecule has 0 N–H and O–H groups in total. The third kappa shape index (κ3) is 1.57. The van der Waals surface area contributed by atoms with Gasteiger partial charge in [-0.3, -0.25) is 0 Å². The fraction of sp³-hybridized carbons (Fsp3) is 1.00. The summed E-state index contributed by atoms with van der Waals surface area (Å²) in [5.41, 5.74) is 0. The number of nitrogens with zero attached hydrogens (tertiary/aromatic N) is 1. The van der Waals surface area contributed by atoms with Crippen molar-refractivity contribution in [1.82, 2.24) is 4.31 Å². The average molecular weight is 148 g/mol. The lowest BCUT2D eigenvalue weighted by Gasteiger charge is -2.26. The van der Waals surface area contributed by atoms with Crippen molar-refractivity contribution in [3.05, 3.63) is 0 Å². The van der Waals surface area contributed by atoms with Crippen LogP contribution in [-0.2, 0) is 0 Å². The molecule has 1 fully saturated rings. The van der Waals surface area contributed by atoms with E-state index in [0.717, 1.165) is 6.54 Å². The summed E-state index contributed by atoms with van der Waals surface area (Å²) in [5, 5.41) is 0. The smallest absolute Gasteiger partial charge is 0.0273 e. The van der Waals surface area contributed by atoms with E-state index in [-0.39, 0.29) is 0 Å². The summed E-state index contributed by atoms with van der Waals surface area (Å²) < 4.78 is 2.00. The van der Waals surface area contributed by atoms with Gasteiger partial charge in [0, 0.05) is 36.9 Å². The van der Waals surface area contributed by atoms with Gasteiger partial charge >= 0.3 is 0 Å². The molecule has 0 bridgehead atoms. The van der Waals surface area contributed by atoms with Crippen LogP contribution in [0.3, 0.4) is 0 Å². The van der Waals surface area contributed by atoms with Crippen molar-refractivity contribution in [3.8, 4) is 0 Å². The maximum atomic E-state index is 5.03. The van der Waals surface area contributed by atoms with E-state index in [2.05, 4.69) is 6.92 Å². The summed E-state index contributed by atoms with van der Waals surface area (Å²) in [6.45, 7) is 3.26. The van der Waals surface area contributed by atoms with Gasteiger partial charge in [0.15, 0.2) is 0 Å². The predicted molar refractivity (Wildman–Crippen MR) is 41.1 cm³/mol. The van der Waals surface area contributed by atoms with Crippen molar-refractivity contribution in [3.63, 3.8) is 0 Å². The molecule has 47 valence electrons. The molecule has 1 rings (SSSR count). The Labute approximate surface area is 60.4 Å². The van der Waals surface area contributed by atoms with Crippen LogP contribution in [0.5, 0.6) is 0 Å². The van der Waals surface area contributed by atoms with Crippen LogP contribution < -0.4 is 0 Å². The van der Waals surface area contributed by atoms with Crippen molar-refractivity contribution in [2.45, 2.75) is 13.0 Å². The van der Waals surface area contributed by atoms with E-state index in [1.54, 1.807) is 0 Å². The lowest BCUT2D eigenvalue weighted by Crippen LogP contribution is -2.32. The molecule has 3 heteroatoms. The SMILES string of the molecule is CC1CSCCN1[S]. The highest BCUT2D eigenvalue weighted by Gasteiger charge is 2.14. The van der Waals surface area contributed by atoms with Crippen molar-refractivity contribution >= 4 is 24.6 Å². The van der Waals surface area contributed by atoms with Crippen molar-refractivity contribution < 1.29 is 0 Å². The van der Waals surface area contributed by atoms with Crippen LogP contribution >= 0.6 is 24.6 Å². The van der Waals surface area contributed by atoms with Crippen LogP contribution in [0.15, 0.2) is 0 Å². The van der Waals surface area contributed by atoms with Gasteiger partial charge in [-0.25, -0.2) is 4.31 Å². The highest BCUT2D eigenvalue weighted by molar-refractivity contribution is 7.99. The topological polar surface area (TPSA) is 3.24 Å². The zero-order chi connectivity index (χ0) is 5.98. The first-order chi connectivity index (χ1) is 3.80. The highest BCUT2D eigenvalue weighted by Crippen LogP contribution is 2.16. The van der Waals surface area contributed by atoms with Crippen molar-refractivity contribution in [1.29, 1.82) is 0 Å². The predicted octanol–water partition coefficient (Wildman–Crippen LogP) is 1.54. The second-order valence-corrected chi connectivity index (χ2v) is 3.68. The third-order valence-electron chi connectivity index (χ3n) is 1.31. The van der Waals surface area contributed by atoms with Gasteiger partial charge in [-0.1, -0.05) is 0 Å². The minimum absolute atomic E-state index is 0.615. The summed E-state index contributed by atoms with van der Waals surface area (Å²) in [5.74, 6) is 2.43. The molecule has 0 aromatic heterocycles. The molecule has 1 unspecified atom stereocenters. The van der Waals surface area contributed by atoms with Gasteiger partial charge in [0.05, 0.1) is 0 Å². The second-order valence-electron chi connectivity index (χ2n) is 2.06. The molecule has 0 amide bonds. The zero-order valence-corrected chi connectivity index (χ0v) is 6.60. The molecular weight excluding hydrogens is 138 g/mol. The molecule has 1 radical (unpaired) electrons. The van der Waals surface area contributed by atoms with E-state index >= 15 is 0 Å². The van der Waals surface area contributed by atoms with Crippen LogP contribution in [-0.4, -0.2) is 28.4 Å². The van der Waals surface area contributed by atoms with E-state index in [0.29, 0.717) is 6.04 Å². The van der Waals surface area contributed by atoms with Gasteiger partial charge in [0.2, 0.25) is 0 Å². The Hall–Kier alpha value is 0.660. The number of rotatable bonds is 0. The fourth-order valence-electron chi connectivity index (χ4n) is 0.712. The first-order valence-electron chi connectivity index (χ1n) is 2.82. The second kappa shape index (κ2) is 2.99. The summed E-state index contributed by atoms with van der Waals surface area (Å²) in [7, 11) is 0. The van der Waals surface area contributed by atoms with Crippen LogP contribution in [0.1, 0.15) is 6.92 Å². The van der Waals surface area contributed by atoms with E-state index in [1.165, 1.54) is 11.5 Å². The Bertz CT molecular complexity index is 66.8. The normalized spacial score (nSPS) is 33.0. The Kier molecular flexibility index (Phi) is 2.53. The molecule has 0 aliphatic carbocycles. The standard InChI is InChI=1S/C5H10NS2/c1-5-4-8-3-2-6(5)7/h5H,2-4H2,1H3. The molecular formula is C5H10NS2. The van der Waals surface area contributed by atoms with E-state index in [9.17, 15) is 0 Å². The first kappa shape index (κ1) is 6.78. The Morgan fingerprint density at radius 1 is 1.75 bits per heavy atom. The molecule has 8 heavy (non-hydrogen) atoms. The summed E-state index contributed by atoms with van der Waals surface area (Å²) >= 11 is 7.03. The van der Waals surface area contributed by atoms with Crippen LogP contribution in [0.2, 0.25) is 0 Å². The molecule has 1 heterocycles. The van der Waals surface area contributed by atoms with Gasteiger partial charge in [-0.2, -0.15) is 11.8 Å². The van der Waals surface area contributed by atoms with E-state index in [1.807, 2.05) is 16.1 Å². The zero-order valence-electron chi connectivity index (χ0n) is 4.96. The Morgan fingerprint density at radius 3 is 2.88 bits per heavy atom. The van der Waals surface area contributed by atoms with Gasteiger partial charge in [0.1, 0.15) is 0 Å². The minimum Gasteiger partial charge on any atom is -0.236 e. The van der Waals surface area contributed by atoms with Gasteiger partial charge in [0.25, 0.3) is 0 Å². The van der Waals surface area contributed by atoms with Crippen LogP contribution in [0, 0.1) is 0 Å². The Morgan fingerprint density at radius 2 is 2.50 bits per heavy atom. The van der Waals surface area contributed by atoms with Gasteiger partial charge < -0.3 is 0 Å². The maximum absolute atomic E-state index is 5.03. The van der Waals surface area contributed by atoms with E-state index in [4.69, 9.17) is 12.8 Å². The Balaban J connectivity index is 2.28. The fourth-order valence-corrected chi connectivity index (χ4v) is 2.10. The molecule has 0 spiro atoms. The molecule has 1 aliphatic rings. The minimum atomic E-state index is 0.615. The van der Waals surface area contributed by atoms with Crippen LogP contribution in [0.25, 0.3) is 0 Å². The third-order valence-corrected chi connectivity index (χ3v) is 3.04. The van der Waals surface area contributed by atoms with Gasteiger partial charge in [-0.05, 0) is 6.92 Å². The van der Waals surface area contributed by atoms with Crippen molar-refractivity contribution in [2.24, 2.45) is 0 Å². The largest absolute Gasteiger partial charge is 0.236 e.